The topological polar surface area (TPSA) is 54.9 Å². The molecule has 0 atom stereocenters. The maximum absolute atomic E-state index is 13.4. The fraction of sp³-hybridized carbons (Fsp3) is 0.250. The van der Waals surface area contributed by atoms with Crippen LogP contribution < -0.4 is 5.32 Å². The molecule has 3 rings (SSSR count). The number of carbonyl (C=O) groups is 1. The molecular weight excluding hydrogens is 272 g/mol. The van der Waals surface area contributed by atoms with E-state index in [1.54, 1.807) is 0 Å². The van der Waals surface area contributed by atoms with Crippen LogP contribution in [-0.2, 0) is 0 Å². The molecule has 1 aromatic heterocycles. The standard InChI is InChI=1S/C12H9F2N3OS/c13-7-3-4-8(9(14)5-7)10(18)15-12-17-16-11(19-12)6-1-2-6/h3-6H,1-2H2,(H,15,17,18). The molecule has 1 aliphatic rings. The van der Waals surface area contributed by atoms with Gasteiger partial charge in [0.1, 0.15) is 16.6 Å². The Balaban J connectivity index is 1.76. The summed E-state index contributed by atoms with van der Waals surface area (Å²) in [6.07, 6.45) is 2.18. The van der Waals surface area contributed by atoms with Crippen LogP contribution in [0.15, 0.2) is 18.2 Å². The number of aromatic nitrogens is 2. The van der Waals surface area contributed by atoms with E-state index in [-0.39, 0.29) is 5.56 Å². The summed E-state index contributed by atoms with van der Waals surface area (Å²) in [6.45, 7) is 0. The molecule has 1 aromatic carbocycles. The molecule has 4 nitrogen and oxygen atoms in total. The van der Waals surface area contributed by atoms with Crippen LogP contribution in [0.4, 0.5) is 13.9 Å². The van der Waals surface area contributed by atoms with Gasteiger partial charge < -0.3 is 0 Å². The highest BCUT2D eigenvalue weighted by Crippen LogP contribution is 2.42. The number of hydrogen-bond donors (Lipinski definition) is 1. The quantitative estimate of drug-likeness (QED) is 0.941. The van der Waals surface area contributed by atoms with Crippen LogP contribution in [-0.4, -0.2) is 16.1 Å². The Kier molecular flexibility index (Phi) is 2.98. The van der Waals surface area contributed by atoms with Crippen LogP contribution in [0.5, 0.6) is 0 Å². The Hall–Kier alpha value is -1.89. The fourth-order valence-electron chi connectivity index (χ4n) is 1.62. The highest BCUT2D eigenvalue weighted by atomic mass is 32.1. The van der Waals surface area contributed by atoms with E-state index < -0.39 is 17.5 Å². The zero-order chi connectivity index (χ0) is 13.4. The molecule has 19 heavy (non-hydrogen) atoms. The molecule has 98 valence electrons. The van der Waals surface area contributed by atoms with Gasteiger partial charge >= 0.3 is 0 Å². The van der Waals surface area contributed by atoms with E-state index in [0.29, 0.717) is 17.1 Å². The van der Waals surface area contributed by atoms with E-state index in [4.69, 9.17) is 0 Å². The Morgan fingerprint density at radius 3 is 2.79 bits per heavy atom. The number of amides is 1. The smallest absolute Gasteiger partial charge is 0.260 e. The zero-order valence-corrected chi connectivity index (χ0v) is 10.5. The van der Waals surface area contributed by atoms with E-state index in [0.717, 1.165) is 30.0 Å². The molecule has 1 amide bonds. The lowest BCUT2D eigenvalue weighted by Crippen LogP contribution is -2.13. The number of nitrogens with one attached hydrogen (secondary N) is 1. The largest absolute Gasteiger partial charge is 0.296 e. The summed E-state index contributed by atoms with van der Waals surface area (Å²) in [5.41, 5.74) is -0.218. The Labute approximate surface area is 111 Å². The SMILES string of the molecule is O=C(Nc1nnc(C2CC2)s1)c1ccc(F)cc1F. The maximum atomic E-state index is 13.4. The number of rotatable bonds is 3. The lowest BCUT2D eigenvalue weighted by molar-refractivity contribution is 0.102. The second kappa shape index (κ2) is 4.65. The number of nitrogens with zero attached hydrogens (tertiary/aromatic N) is 2. The van der Waals surface area contributed by atoms with Crippen LogP contribution in [0.25, 0.3) is 0 Å². The Bertz CT molecular complexity index is 640. The summed E-state index contributed by atoms with van der Waals surface area (Å²) in [4.78, 5) is 11.8. The number of hydrogen-bond acceptors (Lipinski definition) is 4. The molecule has 1 saturated carbocycles. The van der Waals surface area contributed by atoms with Crippen LogP contribution in [0.1, 0.15) is 34.1 Å². The number of anilines is 1. The van der Waals surface area contributed by atoms with Gasteiger partial charge in [-0.25, -0.2) is 8.78 Å². The molecule has 0 saturated heterocycles. The minimum absolute atomic E-state index is 0.218. The third-order valence-corrected chi connectivity index (χ3v) is 3.76. The van der Waals surface area contributed by atoms with Crippen LogP contribution in [0, 0.1) is 11.6 Å². The van der Waals surface area contributed by atoms with E-state index in [1.165, 1.54) is 11.3 Å². The second-order valence-electron chi connectivity index (χ2n) is 4.30. The molecule has 0 bridgehead atoms. The fourth-order valence-corrected chi connectivity index (χ4v) is 2.53. The summed E-state index contributed by atoms with van der Waals surface area (Å²) in [7, 11) is 0. The molecular formula is C12H9F2N3OS. The first-order valence-corrected chi connectivity index (χ1v) is 6.55. The summed E-state index contributed by atoms with van der Waals surface area (Å²) >= 11 is 1.28. The van der Waals surface area contributed by atoms with Crippen LogP contribution in [0.2, 0.25) is 0 Å². The molecule has 0 aliphatic heterocycles. The molecule has 0 radical (unpaired) electrons. The van der Waals surface area contributed by atoms with Gasteiger partial charge in [0.05, 0.1) is 5.56 Å². The number of carbonyl (C=O) groups excluding carboxylic acids is 1. The van der Waals surface area contributed by atoms with Crippen molar-refractivity contribution in [3.05, 3.63) is 40.4 Å². The van der Waals surface area contributed by atoms with Gasteiger partial charge in [-0.3, -0.25) is 10.1 Å². The van der Waals surface area contributed by atoms with E-state index in [9.17, 15) is 13.6 Å². The highest BCUT2D eigenvalue weighted by Gasteiger charge is 2.27. The molecule has 0 unspecified atom stereocenters. The van der Waals surface area contributed by atoms with E-state index in [1.807, 2.05) is 0 Å². The molecule has 1 fully saturated rings. The summed E-state index contributed by atoms with van der Waals surface area (Å²) in [5, 5.41) is 11.5. The monoisotopic (exact) mass is 281 g/mol. The molecule has 1 heterocycles. The first kappa shape index (κ1) is 12.2. The Morgan fingerprint density at radius 1 is 1.32 bits per heavy atom. The predicted octanol–water partition coefficient (Wildman–Crippen LogP) is 2.95. The first-order valence-electron chi connectivity index (χ1n) is 5.73. The first-order chi connectivity index (χ1) is 9.13. The third-order valence-electron chi connectivity index (χ3n) is 2.76. The van der Waals surface area contributed by atoms with E-state index >= 15 is 0 Å². The average molecular weight is 281 g/mol. The lowest BCUT2D eigenvalue weighted by Gasteiger charge is -2.02. The van der Waals surface area contributed by atoms with Crippen molar-refractivity contribution in [1.29, 1.82) is 0 Å². The van der Waals surface area contributed by atoms with E-state index in [2.05, 4.69) is 15.5 Å². The van der Waals surface area contributed by atoms with Gasteiger partial charge in [-0.1, -0.05) is 11.3 Å². The van der Waals surface area contributed by atoms with Crippen LogP contribution in [0.3, 0.4) is 0 Å². The maximum Gasteiger partial charge on any atom is 0.260 e. The molecule has 1 N–H and O–H groups in total. The van der Waals surface area contributed by atoms with Gasteiger partial charge in [-0.15, -0.1) is 10.2 Å². The van der Waals surface area contributed by atoms with Crippen molar-refractivity contribution >= 4 is 22.4 Å². The van der Waals surface area contributed by atoms with Gasteiger partial charge in [0.2, 0.25) is 5.13 Å². The van der Waals surface area contributed by atoms with Crippen molar-refractivity contribution in [2.75, 3.05) is 5.32 Å². The summed E-state index contributed by atoms with van der Waals surface area (Å²) < 4.78 is 26.2. The van der Waals surface area contributed by atoms with Gasteiger partial charge in [0.25, 0.3) is 5.91 Å². The van der Waals surface area contributed by atoms with Crippen molar-refractivity contribution in [2.24, 2.45) is 0 Å². The highest BCUT2D eigenvalue weighted by molar-refractivity contribution is 7.15. The zero-order valence-electron chi connectivity index (χ0n) is 9.69. The van der Waals surface area contributed by atoms with Crippen molar-refractivity contribution in [2.45, 2.75) is 18.8 Å². The third kappa shape index (κ3) is 2.60. The van der Waals surface area contributed by atoms with Crippen molar-refractivity contribution < 1.29 is 13.6 Å². The van der Waals surface area contributed by atoms with Crippen molar-refractivity contribution in [3.63, 3.8) is 0 Å². The summed E-state index contributed by atoms with van der Waals surface area (Å²) in [6, 6.07) is 2.81. The minimum Gasteiger partial charge on any atom is -0.296 e. The second-order valence-corrected chi connectivity index (χ2v) is 5.31. The van der Waals surface area contributed by atoms with Crippen molar-refractivity contribution in [3.8, 4) is 0 Å². The molecule has 0 spiro atoms. The lowest BCUT2D eigenvalue weighted by atomic mass is 10.2. The van der Waals surface area contributed by atoms with Gasteiger partial charge in [0.15, 0.2) is 0 Å². The van der Waals surface area contributed by atoms with Gasteiger partial charge in [-0.2, -0.15) is 0 Å². The van der Waals surface area contributed by atoms with Crippen molar-refractivity contribution in [1.82, 2.24) is 10.2 Å². The molecule has 2 aromatic rings. The van der Waals surface area contributed by atoms with Gasteiger partial charge in [-0.05, 0) is 25.0 Å². The molecule has 7 heteroatoms. The predicted molar refractivity (Wildman–Crippen MR) is 66.2 cm³/mol. The minimum atomic E-state index is -0.899. The summed E-state index contributed by atoms with van der Waals surface area (Å²) in [5.74, 6) is -1.83. The Morgan fingerprint density at radius 2 is 2.11 bits per heavy atom. The normalized spacial score (nSPS) is 14.4. The van der Waals surface area contributed by atoms with Crippen LogP contribution >= 0.6 is 11.3 Å². The number of benzene rings is 1. The number of halogens is 2. The average Bonchev–Trinajstić information content (AvgIpc) is 3.10. The molecule has 1 aliphatic carbocycles. The van der Waals surface area contributed by atoms with Gasteiger partial charge in [0, 0.05) is 12.0 Å².